The zero-order valence-electron chi connectivity index (χ0n) is 20.8. The standard InChI is InChI=1S/C27H26N2O7S/c1-5-13-36-18-11-9-16(10-12-18)21-20(22(30)17-7-6-8-19(14-17)34-3)23(31)25(32)29(21)27-28-15(2)24(37-27)26(33)35-4/h6-12,14,21,30H,5,13H2,1-4H3/t21-/m1/s1. The molecule has 0 saturated carbocycles. The maximum Gasteiger partial charge on any atom is 0.350 e. The van der Waals surface area contributed by atoms with E-state index in [0.717, 1.165) is 17.8 Å². The van der Waals surface area contributed by atoms with Gasteiger partial charge in [0.1, 0.15) is 22.1 Å². The van der Waals surface area contributed by atoms with Crippen molar-refractivity contribution in [3.8, 4) is 11.5 Å². The van der Waals surface area contributed by atoms with Gasteiger partial charge in [-0.3, -0.25) is 14.5 Å². The smallest absolute Gasteiger partial charge is 0.350 e. The van der Waals surface area contributed by atoms with Gasteiger partial charge in [0.25, 0.3) is 5.78 Å². The number of ketones is 1. The summed E-state index contributed by atoms with van der Waals surface area (Å²) < 4.78 is 15.7. The molecule has 1 aromatic heterocycles. The van der Waals surface area contributed by atoms with Crippen LogP contribution in [0.3, 0.4) is 0 Å². The lowest BCUT2D eigenvalue weighted by molar-refractivity contribution is -0.132. The number of aliphatic hydroxyl groups is 1. The van der Waals surface area contributed by atoms with E-state index in [-0.39, 0.29) is 21.3 Å². The minimum Gasteiger partial charge on any atom is -0.507 e. The molecule has 1 atom stereocenters. The molecule has 0 radical (unpaired) electrons. The number of carbonyl (C=O) groups is 3. The number of hydrogen-bond donors (Lipinski definition) is 1. The highest BCUT2D eigenvalue weighted by Crippen LogP contribution is 2.44. The molecule has 0 aliphatic carbocycles. The summed E-state index contributed by atoms with van der Waals surface area (Å²) in [6.45, 7) is 4.16. The fourth-order valence-electron chi connectivity index (χ4n) is 4.00. The number of anilines is 1. The first-order chi connectivity index (χ1) is 17.8. The van der Waals surface area contributed by atoms with Crippen molar-refractivity contribution in [2.75, 3.05) is 25.7 Å². The molecule has 2 aromatic carbocycles. The molecule has 0 spiro atoms. The van der Waals surface area contributed by atoms with E-state index in [0.29, 0.717) is 34.9 Å². The molecule has 1 aliphatic rings. The van der Waals surface area contributed by atoms with E-state index in [2.05, 4.69) is 4.98 Å². The lowest BCUT2D eigenvalue weighted by Crippen LogP contribution is -2.29. The van der Waals surface area contributed by atoms with Crippen molar-refractivity contribution >= 4 is 39.9 Å². The molecule has 1 fully saturated rings. The van der Waals surface area contributed by atoms with Crippen molar-refractivity contribution in [1.82, 2.24) is 4.98 Å². The van der Waals surface area contributed by atoms with E-state index in [9.17, 15) is 19.5 Å². The monoisotopic (exact) mass is 522 g/mol. The number of Topliss-reactive ketones (excluding diaryl/α,β-unsaturated/α-hetero) is 1. The van der Waals surface area contributed by atoms with Gasteiger partial charge in [-0.1, -0.05) is 42.5 Å². The molecule has 1 aliphatic heterocycles. The number of thiazole rings is 1. The number of aliphatic hydroxyl groups excluding tert-OH is 1. The Labute approximate surface area is 217 Å². The Morgan fingerprint density at radius 1 is 1.11 bits per heavy atom. The molecule has 10 heteroatoms. The minimum atomic E-state index is -0.998. The summed E-state index contributed by atoms with van der Waals surface area (Å²) in [7, 11) is 2.74. The number of carbonyl (C=O) groups excluding carboxylic acids is 3. The van der Waals surface area contributed by atoms with Gasteiger partial charge in [0, 0.05) is 5.56 Å². The molecule has 4 rings (SSSR count). The van der Waals surface area contributed by atoms with Gasteiger partial charge < -0.3 is 19.3 Å². The Balaban J connectivity index is 1.89. The van der Waals surface area contributed by atoms with Crippen molar-refractivity contribution in [3.63, 3.8) is 0 Å². The van der Waals surface area contributed by atoms with Crippen LogP contribution in [0.25, 0.3) is 5.76 Å². The number of esters is 1. The van der Waals surface area contributed by atoms with Gasteiger partial charge in [0.2, 0.25) is 0 Å². The molecular formula is C27H26N2O7S. The van der Waals surface area contributed by atoms with E-state index in [1.165, 1.54) is 19.1 Å². The summed E-state index contributed by atoms with van der Waals surface area (Å²) in [5.74, 6) is -1.57. The summed E-state index contributed by atoms with van der Waals surface area (Å²) >= 11 is 0.942. The summed E-state index contributed by atoms with van der Waals surface area (Å²) in [5.41, 5.74) is 1.13. The van der Waals surface area contributed by atoms with Crippen LogP contribution in [0, 0.1) is 6.92 Å². The Morgan fingerprint density at radius 2 is 1.84 bits per heavy atom. The number of amides is 1. The third-order valence-electron chi connectivity index (χ3n) is 5.82. The van der Waals surface area contributed by atoms with Crippen molar-refractivity contribution in [2.45, 2.75) is 26.3 Å². The molecule has 9 nitrogen and oxygen atoms in total. The maximum absolute atomic E-state index is 13.4. The SMILES string of the molecule is CCCOc1ccc([C@@H]2C(=C(O)c3cccc(OC)c3)C(=O)C(=O)N2c2nc(C)c(C(=O)OC)s2)cc1. The number of rotatable bonds is 8. The quantitative estimate of drug-likeness (QED) is 0.197. The highest BCUT2D eigenvalue weighted by atomic mass is 32.1. The minimum absolute atomic E-state index is 0.104. The molecule has 37 heavy (non-hydrogen) atoms. The average molecular weight is 523 g/mol. The van der Waals surface area contributed by atoms with Gasteiger partial charge in [-0.25, -0.2) is 9.78 Å². The van der Waals surface area contributed by atoms with E-state index in [4.69, 9.17) is 14.2 Å². The second-order valence-corrected chi connectivity index (χ2v) is 9.20. The second-order valence-electron chi connectivity index (χ2n) is 8.22. The van der Waals surface area contributed by atoms with Crippen molar-refractivity contribution < 1.29 is 33.7 Å². The van der Waals surface area contributed by atoms with Crippen LogP contribution in [-0.4, -0.2) is 48.6 Å². The maximum atomic E-state index is 13.4. The van der Waals surface area contributed by atoms with Crippen molar-refractivity contribution in [2.24, 2.45) is 0 Å². The summed E-state index contributed by atoms with van der Waals surface area (Å²) in [4.78, 5) is 44.7. The number of hydrogen-bond acceptors (Lipinski definition) is 9. The van der Waals surface area contributed by atoms with Crippen LogP contribution in [0.1, 0.15) is 45.9 Å². The molecule has 3 aromatic rings. The first kappa shape index (κ1) is 25.9. The molecule has 0 bridgehead atoms. The zero-order chi connectivity index (χ0) is 26.7. The molecule has 0 unspecified atom stereocenters. The summed E-state index contributed by atoms with van der Waals surface area (Å²) in [6.07, 6.45) is 0.842. The topological polar surface area (TPSA) is 115 Å². The first-order valence-electron chi connectivity index (χ1n) is 11.5. The van der Waals surface area contributed by atoms with E-state index in [1.807, 2.05) is 6.92 Å². The Kier molecular flexibility index (Phi) is 7.58. The molecule has 1 amide bonds. The van der Waals surface area contributed by atoms with Crippen LogP contribution in [0.15, 0.2) is 54.1 Å². The van der Waals surface area contributed by atoms with Crippen LogP contribution in [0.5, 0.6) is 11.5 Å². The largest absolute Gasteiger partial charge is 0.507 e. The lowest BCUT2D eigenvalue weighted by Gasteiger charge is -2.23. The second kappa shape index (κ2) is 10.8. The highest BCUT2D eigenvalue weighted by molar-refractivity contribution is 7.17. The predicted octanol–water partition coefficient (Wildman–Crippen LogP) is 4.66. The molecule has 1 N–H and O–H groups in total. The number of nitrogens with zero attached hydrogens (tertiary/aromatic N) is 2. The lowest BCUT2D eigenvalue weighted by atomic mass is 9.95. The third-order valence-corrected chi connectivity index (χ3v) is 6.96. The van der Waals surface area contributed by atoms with Gasteiger partial charge in [-0.05, 0) is 43.2 Å². The fourth-order valence-corrected chi connectivity index (χ4v) is 5.02. The van der Waals surface area contributed by atoms with E-state index in [1.54, 1.807) is 55.5 Å². The Hall–Kier alpha value is -4.18. The Bertz CT molecular complexity index is 1380. The first-order valence-corrected chi connectivity index (χ1v) is 12.4. The van der Waals surface area contributed by atoms with Crippen LogP contribution in [0.4, 0.5) is 5.13 Å². The Morgan fingerprint density at radius 3 is 2.49 bits per heavy atom. The van der Waals surface area contributed by atoms with E-state index >= 15 is 0 Å². The summed E-state index contributed by atoms with van der Waals surface area (Å²) in [6, 6.07) is 12.5. The number of aromatic nitrogens is 1. The highest BCUT2D eigenvalue weighted by Gasteiger charge is 2.48. The van der Waals surface area contributed by atoms with Gasteiger partial charge in [-0.2, -0.15) is 0 Å². The van der Waals surface area contributed by atoms with Gasteiger partial charge in [-0.15, -0.1) is 0 Å². The average Bonchev–Trinajstić information content (AvgIpc) is 3.43. The molecule has 1 saturated heterocycles. The van der Waals surface area contributed by atoms with Crippen molar-refractivity contribution in [3.05, 3.63) is 75.8 Å². The van der Waals surface area contributed by atoms with Gasteiger partial charge >= 0.3 is 11.9 Å². The zero-order valence-corrected chi connectivity index (χ0v) is 21.6. The summed E-state index contributed by atoms with van der Waals surface area (Å²) in [5, 5.41) is 11.4. The fraction of sp³-hybridized carbons (Fsp3) is 0.259. The number of benzene rings is 2. The van der Waals surface area contributed by atoms with Gasteiger partial charge in [0.05, 0.1) is 38.1 Å². The number of methoxy groups -OCH3 is 2. The third kappa shape index (κ3) is 4.92. The van der Waals surface area contributed by atoms with Crippen LogP contribution >= 0.6 is 11.3 Å². The molecule has 2 heterocycles. The van der Waals surface area contributed by atoms with Crippen LogP contribution < -0.4 is 14.4 Å². The number of aryl methyl sites for hydroxylation is 1. The normalized spacial score (nSPS) is 16.6. The van der Waals surface area contributed by atoms with E-state index < -0.39 is 23.7 Å². The van der Waals surface area contributed by atoms with Crippen molar-refractivity contribution in [1.29, 1.82) is 0 Å². The predicted molar refractivity (Wildman–Crippen MR) is 138 cm³/mol. The van der Waals surface area contributed by atoms with Crippen LogP contribution in [0.2, 0.25) is 0 Å². The molecule has 192 valence electrons. The van der Waals surface area contributed by atoms with Gasteiger partial charge in [0.15, 0.2) is 5.13 Å². The molecular weight excluding hydrogens is 496 g/mol. The number of ether oxygens (including phenoxy) is 3. The van der Waals surface area contributed by atoms with Crippen LogP contribution in [-0.2, 0) is 14.3 Å².